The van der Waals surface area contributed by atoms with Crippen LogP contribution < -0.4 is 0 Å². The molecule has 1 aliphatic rings. The van der Waals surface area contributed by atoms with Crippen LogP contribution in [0.15, 0.2) is 22.7 Å². The first-order valence-electron chi connectivity index (χ1n) is 8.21. The van der Waals surface area contributed by atoms with Crippen molar-refractivity contribution in [3.8, 4) is 11.3 Å². The largest absolute Gasteiger partial charge is 0.469 e. The van der Waals surface area contributed by atoms with Crippen molar-refractivity contribution in [1.29, 1.82) is 0 Å². The number of aryl methyl sites for hydroxylation is 1. The van der Waals surface area contributed by atoms with E-state index >= 15 is 0 Å². The third kappa shape index (κ3) is 3.44. The van der Waals surface area contributed by atoms with E-state index < -0.39 is 0 Å². The van der Waals surface area contributed by atoms with Crippen LogP contribution in [0, 0.1) is 12.8 Å². The predicted molar refractivity (Wildman–Crippen MR) is 97.3 cm³/mol. The van der Waals surface area contributed by atoms with Crippen LogP contribution >= 0.6 is 23.2 Å². The number of hydrogen-bond acceptors (Lipinski definition) is 5. The number of aromatic nitrogens is 1. The van der Waals surface area contributed by atoms with E-state index in [1.54, 1.807) is 30.0 Å². The number of carbonyl (C=O) groups is 2. The molecule has 0 unspecified atom stereocenters. The van der Waals surface area contributed by atoms with Crippen LogP contribution in [0.5, 0.6) is 0 Å². The summed E-state index contributed by atoms with van der Waals surface area (Å²) in [6.45, 7) is 2.59. The molecule has 0 atom stereocenters. The Kier molecular flexibility index (Phi) is 5.53. The zero-order valence-corrected chi connectivity index (χ0v) is 15.9. The van der Waals surface area contributed by atoms with Gasteiger partial charge in [-0.05, 0) is 31.9 Å². The molecule has 0 bridgehead atoms. The lowest BCUT2D eigenvalue weighted by molar-refractivity contribution is -0.146. The van der Waals surface area contributed by atoms with Crippen LogP contribution in [0.4, 0.5) is 0 Å². The van der Waals surface area contributed by atoms with E-state index in [4.69, 9.17) is 32.5 Å². The van der Waals surface area contributed by atoms with Gasteiger partial charge in [0.05, 0.1) is 23.1 Å². The Hall–Kier alpha value is -2.05. The molecule has 1 aromatic heterocycles. The van der Waals surface area contributed by atoms with Crippen molar-refractivity contribution in [2.75, 3.05) is 20.2 Å². The summed E-state index contributed by atoms with van der Waals surface area (Å²) in [6, 6.07) is 5.09. The molecule has 3 rings (SSSR count). The monoisotopic (exact) mass is 396 g/mol. The average Bonchev–Trinajstić information content (AvgIpc) is 3.01. The molecule has 1 fully saturated rings. The Morgan fingerprint density at radius 2 is 1.85 bits per heavy atom. The summed E-state index contributed by atoms with van der Waals surface area (Å²) in [6.07, 6.45) is 1.12. The van der Waals surface area contributed by atoms with Gasteiger partial charge in [-0.3, -0.25) is 9.59 Å². The number of benzene rings is 1. The van der Waals surface area contributed by atoms with Crippen LogP contribution in [-0.4, -0.2) is 42.1 Å². The molecule has 6 nitrogen and oxygen atoms in total. The number of amides is 1. The highest BCUT2D eigenvalue weighted by Gasteiger charge is 2.32. The molecule has 1 aromatic carbocycles. The van der Waals surface area contributed by atoms with Crippen LogP contribution in [0.3, 0.4) is 0 Å². The van der Waals surface area contributed by atoms with Crippen LogP contribution in [0.2, 0.25) is 10.0 Å². The molecule has 0 saturated carbocycles. The molecule has 8 heteroatoms. The number of nitrogens with zero attached hydrogens (tertiary/aromatic N) is 2. The van der Waals surface area contributed by atoms with Gasteiger partial charge < -0.3 is 14.2 Å². The van der Waals surface area contributed by atoms with Crippen molar-refractivity contribution in [3.63, 3.8) is 0 Å². The molecule has 26 heavy (non-hydrogen) atoms. The van der Waals surface area contributed by atoms with Crippen molar-refractivity contribution < 1.29 is 18.8 Å². The smallest absolute Gasteiger partial charge is 0.308 e. The SMILES string of the molecule is COC(=O)C1CCN(C(=O)c2c(-c3c(Cl)cccc3Cl)noc2C)CC1. The summed E-state index contributed by atoms with van der Waals surface area (Å²) in [5.41, 5.74) is 1.15. The quantitative estimate of drug-likeness (QED) is 0.733. The van der Waals surface area contributed by atoms with Crippen molar-refractivity contribution in [2.45, 2.75) is 19.8 Å². The number of methoxy groups -OCH3 is 1. The average molecular weight is 397 g/mol. The molecule has 1 saturated heterocycles. The third-order valence-corrected chi connectivity index (χ3v) is 5.22. The fourth-order valence-corrected chi connectivity index (χ4v) is 3.74. The normalized spacial score (nSPS) is 15.2. The Labute approximate surface area is 161 Å². The lowest BCUT2D eigenvalue weighted by Gasteiger charge is -2.30. The number of likely N-dealkylation sites (tertiary alicyclic amines) is 1. The fourth-order valence-electron chi connectivity index (χ4n) is 3.16. The van der Waals surface area contributed by atoms with Crippen molar-refractivity contribution in [2.24, 2.45) is 5.92 Å². The summed E-state index contributed by atoms with van der Waals surface area (Å²) in [5, 5.41) is 4.80. The summed E-state index contributed by atoms with van der Waals surface area (Å²) >= 11 is 12.5. The maximum atomic E-state index is 13.1. The second kappa shape index (κ2) is 7.68. The Morgan fingerprint density at radius 3 is 2.42 bits per heavy atom. The number of piperidine rings is 1. The number of esters is 1. The minimum absolute atomic E-state index is 0.176. The minimum Gasteiger partial charge on any atom is -0.469 e. The lowest BCUT2D eigenvalue weighted by atomic mass is 9.96. The molecule has 2 heterocycles. The number of carbonyl (C=O) groups excluding carboxylic acids is 2. The van der Waals surface area contributed by atoms with Crippen LogP contribution in [-0.2, 0) is 9.53 Å². The summed E-state index contributed by atoms with van der Waals surface area (Å²) in [4.78, 5) is 26.4. The van der Waals surface area contributed by atoms with E-state index in [0.717, 1.165) is 0 Å². The molecular formula is C18H18Cl2N2O4. The molecule has 1 aliphatic heterocycles. The number of halogens is 2. The molecule has 1 amide bonds. The van der Waals surface area contributed by atoms with Gasteiger partial charge in [-0.25, -0.2) is 0 Å². The second-order valence-corrected chi connectivity index (χ2v) is 6.96. The van der Waals surface area contributed by atoms with E-state index in [9.17, 15) is 9.59 Å². The zero-order chi connectivity index (χ0) is 18.8. The van der Waals surface area contributed by atoms with E-state index in [1.165, 1.54) is 7.11 Å². The van der Waals surface area contributed by atoms with Gasteiger partial charge in [-0.15, -0.1) is 0 Å². The Balaban J connectivity index is 1.88. The van der Waals surface area contributed by atoms with Gasteiger partial charge in [-0.2, -0.15) is 0 Å². The third-order valence-electron chi connectivity index (χ3n) is 4.59. The topological polar surface area (TPSA) is 72.6 Å². The Bertz CT molecular complexity index is 821. The Morgan fingerprint density at radius 1 is 1.23 bits per heavy atom. The summed E-state index contributed by atoms with van der Waals surface area (Å²) < 4.78 is 10.0. The first kappa shape index (κ1) is 18.7. The van der Waals surface area contributed by atoms with Crippen LogP contribution in [0.25, 0.3) is 11.3 Å². The van der Waals surface area contributed by atoms with Gasteiger partial charge in [0.15, 0.2) is 0 Å². The zero-order valence-electron chi connectivity index (χ0n) is 14.4. The van der Waals surface area contributed by atoms with Gasteiger partial charge >= 0.3 is 5.97 Å². The number of hydrogen-bond donors (Lipinski definition) is 0. The maximum absolute atomic E-state index is 13.1. The van der Waals surface area contributed by atoms with Gasteiger partial charge in [0.2, 0.25) is 0 Å². The van der Waals surface area contributed by atoms with Gasteiger partial charge in [0, 0.05) is 18.7 Å². The second-order valence-electron chi connectivity index (χ2n) is 6.15. The highest BCUT2D eigenvalue weighted by Crippen LogP contribution is 2.37. The first-order valence-corrected chi connectivity index (χ1v) is 8.97. The van der Waals surface area contributed by atoms with Gasteiger partial charge in [0.1, 0.15) is 17.0 Å². The van der Waals surface area contributed by atoms with Crippen LogP contribution in [0.1, 0.15) is 29.0 Å². The number of rotatable bonds is 3. The molecule has 0 spiro atoms. The highest BCUT2D eigenvalue weighted by atomic mass is 35.5. The highest BCUT2D eigenvalue weighted by molar-refractivity contribution is 6.39. The molecule has 2 aromatic rings. The van der Waals surface area contributed by atoms with E-state index in [-0.39, 0.29) is 17.8 Å². The van der Waals surface area contributed by atoms with Crippen molar-refractivity contribution in [1.82, 2.24) is 10.1 Å². The summed E-state index contributed by atoms with van der Waals surface area (Å²) in [7, 11) is 1.37. The number of ether oxygens (including phenoxy) is 1. The van der Waals surface area contributed by atoms with Crippen molar-refractivity contribution in [3.05, 3.63) is 39.6 Å². The van der Waals surface area contributed by atoms with E-state index in [1.807, 2.05) is 0 Å². The molecule has 138 valence electrons. The standard InChI is InChI=1S/C18H18Cl2N2O4/c1-10-14(16(21-26-10)15-12(19)4-3-5-13(15)20)17(23)22-8-6-11(7-9-22)18(24)25-2/h3-5,11H,6-9H2,1-2H3. The molecular weight excluding hydrogens is 379 g/mol. The maximum Gasteiger partial charge on any atom is 0.308 e. The van der Waals surface area contributed by atoms with E-state index in [0.29, 0.717) is 58.6 Å². The van der Waals surface area contributed by atoms with E-state index in [2.05, 4.69) is 5.16 Å². The first-order chi connectivity index (χ1) is 12.4. The van der Waals surface area contributed by atoms with Gasteiger partial charge in [0.25, 0.3) is 5.91 Å². The summed E-state index contributed by atoms with van der Waals surface area (Å²) in [5.74, 6) is -0.221. The minimum atomic E-state index is -0.234. The van der Waals surface area contributed by atoms with Crippen molar-refractivity contribution >= 4 is 35.1 Å². The van der Waals surface area contributed by atoms with Gasteiger partial charge in [-0.1, -0.05) is 34.4 Å². The molecule has 0 N–H and O–H groups in total. The molecule has 0 aliphatic carbocycles. The lowest BCUT2D eigenvalue weighted by Crippen LogP contribution is -2.40. The fraction of sp³-hybridized carbons (Fsp3) is 0.389. The molecule has 0 radical (unpaired) electrons. The predicted octanol–water partition coefficient (Wildman–Crippen LogP) is 3.98.